The summed E-state index contributed by atoms with van der Waals surface area (Å²) in [5.41, 5.74) is 0.123. The number of aliphatic hydroxyl groups is 2. The van der Waals surface area contributed by atoms with Crippen LogP contribution in [0.4, 0.5) is 10.2 Å². The molecule has 0 amide bonds. The van der Waals surface area contributed by atoms with Crippen LogP contribution in [0.3, 0.4) is 0 Å². The van der Waals surface area contributed by atoms with Gasteiger partial charge in [0.25, 0.3) is 0 Å². The van der Waals surface area contributed by atoms with E-state index in [1.807, 2.05) is 4.72 Å². The van der Waals surface area contributed by atoms with Gasteiger partial charge in [0.15, 0.2) is 0 Å². The van der Waals surface area contributed by atoms with Crippen LogP contribution in [-0.4, -0.2) is 59.7 Å². The molecule has 1 aliphatic carbocycles. The van der Waals surface area contributed by atoms with Crippen molar-refractivity contribution in [3.63, 3.8) is 0 Å². The second kappa shape index (κ2) is 11.3. The molecule has 37 heavy (non-hydrogen) atoms. The van der Waals surface area contributed by atoms with Crippen molar-refractivity contribution in [2.45, 2.75) is 37.2 Å². The molecule has 198 valence electrons. The molecule has 0 bridgehead atoms. The van der Waals surface area contributed by atoms with E-state index in [-0.39, 0.29) is 49.6 Å². The fourth-order valence-electron chi connectivity index (χ4n) is 3.93. The minimum absolute atomic E-state index is 0.0806. The van der Waals surface area contributed by atoms with Crippen molar-refractivity contribution in [3.05, 3.63) is 73.5 Å². The van der Waals surface area contributed by atoms with Gasteiger partial charge in [0.2, 0.25) is 5.78 Å². The van der Waals surface area contributed by atoms with Crippen molar-refractivity contribution in [3.8, 4) is 0 Å². The molecule has 4 N–H and O–H groups in total. The lowest BCUT2D eigenvalue weighted by molar-refractivity contribution is 0.0636. The molecular weight excluding hydrogens is 570 g/mol. The lowest BCUT2D eigenvalue weighted by atomic mass is 10.0. The van der Waals surface area contributed by atoms with Gasteiger partial charge in [-0.25, -0.2) is 14.4 Å². The van der Waals surface area contributed by atoms with Crippen LogP contribution < -0.4 is 10.0 Å². The Morgan fingerprint density at radius 1 is 1.30 bits per heavy atom. The molecule has 4 atom stereocenters. The first-order chi connectivity index (χ1) is 17.5. The van der Waals surface area contributed by atoms with Gasteiger partial charge in [0, 0.05) is 30.4 Å². The number of aromatic nitrogens is 2. The Kier molecular flexibility index (Phi) is 8.45. The van der Waals surface area contributed by atoms with E-state index in [1.165, 1.54) is 43.8 Å². The van der Waals surface area contributed by atoms with Crippen LogP contribution in [-0.2, 0) is 14.5 Å². The predicted molar refractivity (Wildman–Crippen MR) is 136 cm³/mol. The number of aliphatic hydroxyl groups excluding tert-OH is 2. The van der Waals surface area contributed by atoms with Gasteiger partial charge in [-0.15, -0.1) is 11.3 Å². The molecule has 2 aromatic heterocycles. The van der Waals surface area contributed by atoms with E-state index < -0.39 is 46.3 Å². The minimum Gasteiger partial charge on any atom is -0.390 e. The maximum atomic E-state index is 14.4. The number of halogens is 3. The van der Waals surface area contributed by atoms with Crippen molar-refractivity contribution in [1.29, 1.82) is 0 Å². The minimum atomic E-state index is -4.00. The zero-order valence-corrected chi connectivity index (χ0v) is 22.2. The third kappa shape index (κ3) is 6.10. The topological polar surface area (TPSA) is 151 Å². The lowest BCUT2D eigenvalue weighted by Crippen LogP contribution is -2.31. The molecular formula is C22H21Cl2FN4O6S2. The number of benzene rings is 1. The highest BCUT2D eigenvalue weighted by Crippen LogP contribution is 2.38. The second-order valence-corrected chi connectivity index (χ2v) is 11.7. The number of rotatable bonds is 9. The van der Waals surface area contributed by atoms with E-state index in [2.05, 4.69) is 15.3 Å². The largest absolute Gasteiger partial charge is 0.390 e. The number of carbonyl (C=O) groups is 1. The van der Waals surface area contributed by atoms with Crippen molar-refractivity contribution < 1.29 is 32.0 Å². The molecule has 2 heterocycles. The van der Waals surface area contributed by atoms with Crippen LogP contribution in [0.25, 0.3) is 0 Å². The lowest BCUT2D eigenvalue weighted by Gasteiger charge is -2.15. The monoisotopic (exact) mass is 590 g/mol. The number of nitrogens with zero attached hydrogens (tertiary/aromatic N) is 2. The van der Waals surface area contributed by atoms with Gasteiger partial charge in [-0.1, -0.05) is 35.3 Å². The SMILES string of the molecule is CNS(=O)(=O)O[C@@H]1C[C@H](Nc2ncncc2C(=O)c2cc([C@@H](O)c3cccc(Cl)c3F)c(Cl)s2)C[C@@H]1O. The second-order valence-electron chi connectivity index (χ2n) is 8.17. The quantitative estimate of drug-likeness (QED) is 0.275. The Morgan fingerprint density at radius 3 is 2.78 bits per heavy atom. The highest BCUT2D eigenvalue weighted by molar-refractivity contribution is 7.84. The average molecular weight is 591 g/mol. The number of hydrogen-bond donors (Lipinski definition) is 4. The summed E-state index contributed by atoms with van der Waals surface area (Å²) in [6.07, 6.45) is -0.707. The van der Waals surface area contributed by atoms with Gasteiger partial charge in [-0.3, -0.25) is 8.98 Å². The van der Waals surface area contributed by atoms with Gasteiger partial charge in [-0.05, 0) is 25.0 Å². The molecule has 3 aromatic rings. The zero-order chi connectivity index (χ0) is 26.9. The smallest absolute Gasteiger partial charge is 0.335 e. The number of carbonyl (C=O) groups excluding carboxylic acids is 1. The Morgan fingerprint density at radius 2 is 2.05 bits per heavy atom. The molecule has 0 radical (unpaired) electrons. The molecule has 1 saturated carbocycles. The highest BCUT2D eigenvalue weighted by Gasteiger charge is 2.37. The summed E-state index contributed by atoms with van der Waals surface area (Å²) in [6.45, 7) is 0. The summed E-state index contributed by atoms with van der Waals surface area (Å²) in [7, 11) is -2.81. The molecule has 0 unspecified atom stereocenters. The molecule has 0 spiro atoms. The zero-order valence-electron chi connectivity index (χ0n) is 19.1. The van der Waals surface area contributed by atoms with E-state index in [0.717, 1.165) is 11.3 Å². The van der Waals surface area contributed by atoms with Crippen LogP contribution in [0.5, 0.6) is 0 Å². The van der Waals surface area contributed by atoms with E-state index >= 15 is 0 Å². The van der Waals surface area contributed by atoms with Crippen LogP contribution in [0.15, 0.2) is 36.8 Å². The summed E-state index contributed by atoms with van der Waals surface area (Å²) in [6, 6.07) is 5.10. The molecule has 1 fully saturated rings. The van der Waals surface area contributed by atoms with Crippen molar-refractivity contribution in [2.24, 2.45) is 0 Å². The molecule has 4 rings (SSSR count). The Hall–Kier alpha value is -2.23. The number of hydrogen-bond acceptors (Lipinski definition) is 10. The average Bonchev–Trinajstić information content (AvgIpc) is 3.41. The number of nitrogens with one attached hydrogen (secondary N) is 2. The summed E-state index contributed by atoms with van der Waals surface area (Å²) >= 11 is 13.0. The predicted octanol–water partition coefficient (Wildman–Crippen LogP) is 3.08. The van der Waals surface area contributed by atoms with E-state index in [9.17, 15) is 27.8 Å². The van der Waals surface area contributed by atoms with Crippen molar-refractivity contribution >= 4 is 56.4 Å². The standard InChI is InChI=1S/C22H21Cl2FN4O6S2/c1-26-37(33,34)35-16-6-10(5-15(16)30)29-22-13(8-27-9-28-22)20(32)17-7-12(21(24)36-17)19(31)11-3-2-4-14(23)18(11)25/h2-4,7-10,15-16,19,26,30-31H,5-6H2,1H3,(H,27,28,29)/t10-,15+,16-,19+/m1/s1. The third-order valence-corrected chi connectivity index (χ3v) is 8.46. The van der Waals surface area contributed by atoms with Crippen molar-refractivity contribution in [1.82, 2.24) is 14.7 Å². The normalized spacial score (nSPS) is 20.6. The van der Waals surface area contributed by atoms with Gasteiger partial charge in [-0.2, -0.15) is 13.1 Å². The van der Waals surface area contributed by atoms with Crippen LogP contribution in [0.1, 0.15) is 45.3 Å². The van der Waals surface area contributed by atoms with Gasteiger partial charge < -0.3 is 15.5 Å². The Bertz CT molecular complexity index is 1420. The van der Waals surface area contributed by atoms with E-state index in [0.29, 0.717) is 0 Å². The van der Waals surface area contributed by atoms with Crippen LogP contribution in [0.2, 0.25) is 9.36 Å². The Balaban J connectivity index is 1.55. The fraction of sp³-hybridized carbons (Fsp3) is 0.318. The maximum Gasteiger partial charge on any atom is 0.335 e. The molecule has 15 heteroatoms. The molecule has 0 aliphatic heterocycles. The van der Waals surface area contributed by atoms with Crippen LogP contribution >= 0.6 is 34.5 Å². The first kappa shape index (κ1) is 27.8. The summed E-state index contributed by atoms with van der Waals surface area (Å²) in [4.78, 5) is 21.5. The van der Waals surface area contributed by atoms with Crippen LogP contribution in [0, 0.1) is 5.82 Å². The van der Waals surface area contributed by atoms with Gasteiger partial charge in [0.05, 0.1) is 25.9 Å². The molecule has 0 saturated heterocycles. The highest BCUT2D eigenvalue weighted by atomic mass is 35.5. The molecule has 10 nitrogen and oxygen atoms in total. The fourth-order valence-corrected chi connectivity index (χ4v) is 6.01. The first-order valence-corrected chi connectivity index (χ1v) is 13.8. The van der Waals surface area contributed by atoms with Crippen molar-refractivity contribution in [2.75, 3.05) is 12.4 Å². The molecule has 1 aliphatic rings. The third-order valence-electron chi connectivity index (χ3n) is 5.78. The van der Waals surface area contributed by atoms with Gasteiger partial charge in [0.1, 0.15) is 30.2 Å². The van der Waals surface area contributed by atoms with E-state index in [4.69, 9.17) is 27.4 Å². The summed E-state index contributed by atoms with van der Waals surface area (Å²) in [5.74, 6) is -1.15. The maximum absolute atomic E-state index is 14.4. The number of ketones is 1. The summed E-state index contributed by atoms with van der Waals surface area (Å²) in [5, 5.41) is 23.8. The first-order valence-electron chi connectivity index (χ1n) is 10.8. The Labute approximate surface area is 225 Å². The van der Waals surface area contributed by atoms with Gasteiger partial charge >= 0.3 is 10.3 Å². The van der Waals surface area contributed by atoms with E-state index in [1.54, 1.807) is 0 Å². The number of thiophene rings is 1. The molecule has 1 aromatic carbocycles. The number of anilines is 1. The summed E-state index contributed by atoms with van der Waals surface area (Å²) < 4.78 is 44.9.